The van der Waals surface area contributed by atoms with Crippen molar-refractivity contribution in [2.75, 3.05) is 25.0 Å². The normalized spacial score (nSPS) is 10.6. The molecule has 0 aliphatic heterocycles. The summed E-state index contributed by atoms with van der Waals surface area (Å²) < 4.78 is 0. The number of hydrogen-bond donors (Lipinski definition) is 1. The number of rotatable bonds is 5. The van der Waals surface area contributed by atoms with Gasteiger partial charge in [-0.3, -0.25) is 0 Å². The molecule has 0 radical (unpaired) electrons. The van der Waals surface area contributed by atoms with Gasteiger partial charge in [-0.1, -0.05) is 6.92 Å². The van der Waals surface area contributed by atoms with Crippen molar-refractivity contribution in [2.24, 2.45) is 0 Å². The lowest BCUT2D eigenvalue weighted by Gasteiger charge is -2.21. The molecule has 0 aromatic carbocycles. The second kappa shape index (κ2) is 5.85. The van der Waals surface area contributed by atoms with Crippen molar-refractivity contribution in [3.8, 4) is 0 Å². The van der Waals surface area contributed by atoms with Crippen molar-refractivity contribution in [3.63, 3.8) is 0 Å². The third kappa shape index (κ3) is 2.95. The van der Waals surface area contributed by atoms with Gasteiger partial charge in [-0.05, 0) is 38.9 Å². The van der Waals surface area contributed by atoms with Crippen molar-refractivity contribution in [1.29, 1.82) is 0 Å². The van der Waals surface area contributed by atoms with E-state index in [1.54, 1.807) is 0 Å². The molecule has 0 atom stereocenters. The van der Waals surface area contributed by atoms with Crippen molar-refractivity contribution in [1.82, 2.24) is 10.3 Å². The molecule has 1 aromatic rings. The highest BCUT2D eigenvalue weighted by atomic mass is 15.2. The number of hydrogen-bond acceptors (Lipinski definition) is 3. The summed E-state index contributed by atoms with van der Waals surface area (Å²) in [7, 11) is 2.09. The molecule has 3 heteroatoms. The lowest BCUT2D eigenvalue weighted by atomic mass is 10.1. The standard InChI is InChI=1S/C13H23N3/c1-6-14-9-12-10(3)8-11(4)15-13(12)16(5)7-2/h8,14H,6-7,9H2,1-5H3. The third-order valence-electron chi connectivity index (χ3n) is 2.84. The Hall–Kier alpha value is -1.09. The summed E-state index contributed by atoms with van der Waals surface area (Å²) >= 11 is 0. The van der Waals surface area contributed by atoms with Crippen molar-refractivity contribution < 1.29 is 0 Å². The summed E-state index contributed by atoms with van der Waals surface area (Å²) in [6.07, 6.45) is 0. The van der Waals surface area contributed by atoms with Crippen LogP contribution in [0.25, 0.3) is 0 Å². The fourth-order valence-electron chi connectivity index (χ4n) is 1.78. The fraction of sp³-hybridized carbons (Fsp3) is 0.615. The molecule has 0 unspecified atom stereocenters. The first-order valence-corrected chi connectivity index (χ1v) is 5.99. The molecule has 1 rings (SSSR count). The van der Waals surface area contributed by atoms with E-state index < -0.39 is 0 Å². The van der Waals surface area contributed by atoms with Crippen LogP contribution in [0, 0.1) is 13.8 Å². The summed E-state index contributed by atoms with van der Waals surface area (Å²) in [5.74, 6) is 1.11. The number of pyridine rings is 1. The van der Waals surface area contributed by atoms with Crippen LogP contribution >= 0.6 is 0 Å². The van der Waals surface area contributed by atoms with Gasteiger partial charge in [-0.25, -0.2) is 4.98 Å². The second-order valence-corrected chi connectivity index (χ2v) is 4.18. The first-order valence-electron chi connectivity index (χ1n) is 5.99. The van der Waals surface area contributed by atoms with Crippen LogP contribution < -0.4 is 10.2 Å². The molecule has 0 aliphatic carbocycles. The van der Waals surface area contributed by atoms with E-state index in [2.05, 4.69) is 56.0 Å². The zero-order chi connectivity index (χ0) is 12.1. The van der Waals surface area contributed by atoms with Crippen LogP contribution in [0.5, 0.6) is 0 Å². The first kappa shape index (κ1) is 13.0. The molecular weight excluding hydrogens is 198 g/mol. The Kier molecular flexibility index (Phi) is 4.74. The largest absolute Gasteiger partial charge is 0.360 e. The minimum absolute atomic E-state index is 0.898. The molecule has 0 aliphatic rings. The predicted molar refractivity (Wildman–Crippen MR) is 70.0 cm³/mol. The van der Waals surface area contributed by atoms with Gasteiger partial charge in [0.05, 0.1) is 0 Å². The van der Waals surface area contributed by atoms with Crippen LogP contribution in [0.1, 0.15) is 30.7 Å². The highest BCUT2D eigenvalue weighted by Crippen LogP contribution is 2.21. The zero-order valence-corrected chi connectivity index (χ0v) is 11.1. The highest BCUT2D eigenvalue weighted by molar-refractivity contribution is 5.51. The van der Waals surface area contributed by atoms with Crippen LogP contribution in [0.2, 0.25) is 0 Å². The second-order valence-electron chi connectivity index (χ2n) is 4.18. The number of aryl methyl sites for hydroxylation is 2. The van der Waals surface area contributed by atoms with Crippen molar-refractivity contribution in [2.45, 2.75) is 34.2 Å². The average molecular weight is 221 g/mol. The van der Waals surface area contributed by atoms with Crippen LogP contribution in [0.4, 0.5) is 5.82 Å². The van der Waals surface area contributed by atoms with Gasteiger partial charge in [0.2, 0.25) is 0 Å². The molecule has 3 nitrogen and oxygen atoms in total. The SMILES string of the molecule is CCNCc1c(C)cc(C)nc1N(C)CC. The average Bonchev–Trinajstić information content (AvgIpc) is 2.26. The van der Waals surface area contributed by atoms with Gasteiger partial charge >= 0.3 is 0 Å². The maximum atomic E-state index is 4.64. The van der Waals surface area contributed by atoms with E-state index in [1.807, 2.05) is 0 Å². The summed E-state index contributed by atoms with van der Waals surface area (Å²) in [6, 6.07) is 2.15. The number of nitrogens with zero attached hydrogens (tertiary/aromatic N) is 2. The molecule has 0 fully saturated rings. The molecule has 1 aromatic heterocycles. The van der Waals surface area contributed by atoms with Crippen LogP contribution in [-0.2, 0) is 6.54 Å². The van der Waals surface area contributed by atoms with Crippen molar-refractivity contribution in [3.05, 3.63) is 22.9 Å². The van der Waals surface area contributed by atoms with Crippen LogP contribution in [-0.4, -0.2) is 25.1 Å². The molecule has 0 saturated carbocycles. The van der Waals surface area contributed by atoms with Gasteiger partial charge in [0, 0.05) is 31.4 Å². The fourth-order valence-corrected chi connectivity index (χ4v) is 1.78. The lowest BCUT2D eigenvalue weighted by Crippen LogP contribution is -2.23. The predicted octanol–water partition coefficient (Wildman–Crippen LogP) is 2.26. The smallest absolute Gasteiger partial charge is 0.133 e. The number of nitrogens with one attached hydrogen (secondary N) is 1. The Labute approximate surface area is 98.9 Å². The van der Waals surface area contributed by atoms with Crippen LogP contribution in [0.15, 0.2) is 6.07 Å². The van der Waals surface area contributed by atoms with Gasteiger partial charge < -0.3 is 10.2 Å². The van der Waals surface area contributed by atoms with Gasteiger partial charge in [-0.2, -0.15) is 0 Å². The first-order chi connectivity index (χ1) is 7.60. The molecule has 0 spiro atoms. The number of anilines is 1. The zero-order valence-electron chi connectivity index (χ0n) is 11.1. The third-order valence-corrected chi connectivity index (χ3v) is 2.84. The molecule has 0 saturated heterocycles. The lowest BCUT2D eigenvalue weighted by molar-refractivity contribution is 0.716. The summed E-state index contributed by atoms with van der Waals surface area (Å²) in [4.78, 5) is 6.84. The van der Waals surface area contributed by atoms with Gasteiger partial charge in [0.1, 0.15) is 5.82 Å². The maximum absolute atomic E-state index is 4.64. The van der Waals surface area contributed by atoms with Gasteiger partial charge in [0.15, 0.2) is 0 Å². The topological polar surface area (TPSA) is 28.2 Å². The molecule has 0 bridgehead atoms. The Morgan fingerprint density at radius 1 is 1.31 bits per heavy atom. The summed E-state index contributed by atoms with van der Waals surface area (Å²) in [5.41, 5.74) is 3.73. The van der Waals surface area contributed by atoms with Gasteiger partial charge in [-0.15, -0.1) is 0 Å². The van der Waals surface area contributed by atoms with E-state index in [9.17, 15) is 0 Å². The summed E-state index contributed by atoms with van der Waals surface area (Å²) in [6.45, 7) is 11.4. The number of aromatic nitrogens is 1. The Morgan fingerprint density at radius 2 is 2.00 bits per heavy atom. The maximum Gasteiger partial charge on any atom is 0.133 e. The molecule has 90 valence electrons. The highest BCUT2D eigenvalue weighted by Gasteiger charge is 2.11. The Balaban J connectivity index is 3.10. The van der Waals surface area contributed by atoms with E-state index in [1.165, 1.54) is 11.1 Å². The van der Waals surface area contributed by atoms with Gasteiger partial charge in [0.25, 0.3) is 0 Å². The Morgan fingerprint density at radius 3 is 2.56 bits per heavy atom. The van der Waals surface area contributed by atoms with E-state index in [0.717, 1.165) is 31.1 Å². The van der Waals surface area contributed by atoms with E-state index >= 15 is 0 Å². The monoisotopic (exact) mass is 221 g/mol. The minimum Gasteiger partial charge on any atom is -0.360 e. The molecular formula is C13H23N3. The minimum atomic E-state index is 0.898. The van der Waals surface area contributed by atoms with E-state index in [-0.39, 0.29) is 0 Å². The van der Waals surface area contributed by atoms with Crippen molar-refractivity contribution >= 4 is 5.82 Å². The molecule has 0 amide bonds. The molecule has 1 heterocycles. The quantitative estimate of drug-likeness (QED) is 0.826. The van der Waals surface area contributed by atoms with E-state index in [0.29, 0.717) is 0 Å². The molecule has 16 heavy (non-hydrogen) atoms. The summed E-state index contributed by atoms with van der Waals surface area (Å²) in [5, 5.41) is 3.38. The Bertz CT molecular complexity index is 347. The van der Waals surface area contributed by atoms with E-state index in [4.69, 9.17) is 0 Å². The molecule has 1 N–H and O–H groups in total. The van der Waals surface area contributed by atoms with Crippen LogP contribution in [0.3, 0.4) is 0 Å².